The number of aliphatic hydroxyl groups is 1. The summed E-state index contributed by atoms with van der Waals surface area (Å²) in [5, 5.41) is 20.5. The van der Waals surface area contributed by atoms with E-state index < -0.39 is 0 Å². The summed E-state index contributed by atoms with van der Waals surface area (Å²) in [5.41, 5.74) is 1.59. The number of fused-ring (bicyclic) bond motifs is 1. The third kappa shape index (κ3) is 3.90. The molecule has 0 fully saturated rings. The van der Waals surface area contributed by atoms with Crippen molar-refractivity contribution in [3.8, 4) is 11.5 Å². The van der Waals surface area contributed by atoms with Crippen LogP contribution < -0.4 is 5.32 Å². The van der Waals surface area contributed by atoms with Gasteiger partial charge in [0.1, 0.15) is 23.6 Å². The van der Waals surface area contributed by atoms with Gasteiger partial charge in [-0.25, -0.2) is 9.97 Å². The molecule has 0 amide bonds. The second-order valence-electron chi connectivity index (χ2n) is 5.43. The van der Waals surface area contributed by atoms with Gasteiger partial charge in [0.05, 0.1) is 30.0 Å². The number of nitrogens with one attached hydrogen (secondary N) is 2. The number of furan rings is 1. The van der Waals surface area contributed by atoms with E-state index in [0.717, 1.165) is 22.5 Å². The molecule has 3 aromatic rings. The molecule has 0 radical (unpaired) electrons. The number of aromatic nitrogens is 3. The van der Waals surface area contributed by atoms with E-state index in [1.165, 1.54) is 6.33 Å². The largest absolute Gasteiger partial charge is 0.483 e. The highest BCUT2D eigenvalue weighted by Gasteiger charge is 2.16. The van der Waals surface area contributed by atoms with Gasteiger partial charge in [0.25, 0.3) is 6.47 Å². The second-order valence-corrected chi connectivity index (χ2v) is 5.43. The fourth-order valence-electron chi connectivity index (χ4n) is 2.22. The lowest BCUT2D eigenvalue weighted by atomic mass is 10.1. The smallest absolute Gasteiger partial charge is 0.290 e. The van der Waals surface area contributed by atoms with Gasteiger partial charge in [-0.2, -0.15) is 0 Å². The maximum absolute atomic E-state index is 9.46. The van der Waals surface area contributed by atoms with Crippen molar-refractivity contribution in [2.75, 3.05) is 11.9 Å². The monoisotopic (exact) mass is 332 g/mol. The average Bonchev–Trinajstić information content (AvgIpc) is 3.21. The van der Waals surface area contributed by atoms with E-state index in [1.54, 1.807) is 6.26 Å². The van der Waals surface area contributed by atoms with E-state index in [0.29, 0.717) is 11.7 Å². The maximum Gasteiger partial charge on any atom is 0.290 e. The van der Waals surface area contributed by atoms with Gasteiger partial charge in [0.15, 0.2) is 0 Å². The molecule has 0 saturated carbocycles. The van der Waals surface area contributed by atoms with E-state index in [9.17, 15) is 5.11 Å². The molecule has 0 aliphatic carbocycles. The van der Waals surface area contributed by atoms with Crippen LogP contribution in [0.3, 0.4) is 0 Å². The lowest BCUT2D eigenvalue weighted by Gasteiger charge is -2.20. The van der Waals surface area contributed by atoms with Crippen LogP contribution in [0.5, 0.6) is 0 Å². The van der Waals surface area contributed by atoms with Crippen LogP contribution in [-0.2, 0) is 4.79 Å². The number of carbonyl (C=O) groups is 1. The predicted octanol–water partition coefficient (Wildman–Crippen LogP) is 2.35. The molecule has 4 N–H and O–H groups in total. The normalized spacial score (nSPS) is 11.8. The number of aromatic amines is 1. The molecule has 8 heteroatoms. The van der Waals surface area contributed by atoms with E-state index in [-0.39, 0.29) is 19.1 Å². The lowest BCUT2D eigenvalue weighted by molar-refractivity contribution is -0.122. The van der Waals surface area contributed by atoms with Gasteiger partial charge >= 0.3 is 0 Å². The zero-order chi connectivity index (χ0) is 17.5. The number of hydrogen-bond acceptors (Lipinski definition) is 6. The standard InChI is InChI=1S/C15H18N4O2.CH2O2/c1-9(2)12(7-20)19-15-10-6-11(13-4-3-5-21-13)18-14(10)16-8-17-15;2-1-3/h3-6,8-9,12,20H,7H2,1-2H3,(H2,16,17,18,19);1H,(H,2,3)/t12-;/m0./s1. The molecule has 0 aromatic carbocycles. The molecule has 24 heavy (non-hydrogen) atoms. The molecule has 0 aliphatic rings. The van der Waals surface area contributed by atoms with Gasteiger partial charge in [0.2, 0.25) is 0 Å². The molecule has 8 nitrogen and oxygen atoms in total. The van der Waals surface area contributed by atoms with Crippen LogP contribution in [-0.4, -0.2) is 44.3 Å². The molecule has 128 valence electrons. The fourth-order valence-corrected chi connectivity index (χ4v) is 2.22. The van der Waals surface area contributed by atoms with Gasteiger partial charge in [-0.3, -0.25) is 4.79 Å². The topological polar surface area (TPSA) is 124 Å². The fraction of sp³-hybridized carbons (Fsp3) is 0.312. The maximum atomic E-state index is 9.46. The van der Waals surface area contributed by atoms with Crippen molar-refractivity contribution in [1.82, 2.24) is 15.0 Å². The van der Waals surface area contributed by atoms with E-state index in [1.807, 2.05) is 18.2 Å². The summed E-state index contributed by atoms with van der Waals surface area (Å²) in [7, 11) is 0. The summed E-state index contributed by atoms with van der Waals surface area (Å²) >= 11 is 0. The molecule has 0 spiro atoms. The van der Waals surface area contributed by atoms with Crippen molar-refractivity contribution in [3.63, 3.8) is 0 Å². The predicted molar refractivity (Wildman–Crippen MR) is 89.6 cm³/mol. The minimum absolute atomic E-state index is 0.0509. The van der Waals surface area contributed by atoms with Crippen molar-refractivity contribution in [2.45, 2.75) is 19.9 Å². The zero-order valence-corrected chi connectivity index (χ0v) is 13.4. The van der Waals surface area contributed by atoms with Crippen LogP contribution in [0.2, 0.25) is 0 Å². The Morgan fingerprint density at radius 3 is 2.75 bits per heavy atom. The summed E-state index contributed by atoms with van der Waals surface area (Å²) in [6, 6.07) is 5.62. The summed E-state index contributed by atoms with van der Waals surface area (Å²) in [5.74, 6) is 1.76. The van der Waals surface area contributed by atoms with E-state index >= 15 is 0 Å². The highest BCUT2D eigenvalue weighted by Crippen LogP contribution is 2.27. The molecular weight excluding hydrogens is 312 g/mol. The van der Waals surface area contributed by atoms with Crippen LogP contribution in [0.15, 0.2) is 35.2 Å². The second kappa shape index (κ2) is 8.11. The Labute approximate surface area is 138 Å². The molecule has 0 aliphatic heterocycles. The third-order valence-electron chi connectivity index (χ3n) is 3.54. The number of hydrogen-bond donors (Lipinski definition) is 4. The highest BCUT2D eigenvalue weighted by molar-refractivity contribution is 5.91. The van der Waals surface area contributed by atoms with Crippen molar-refractivity contribution in [3.05, 3.63) is 30.8 Å². The van der Waals surface area contributed by atoms with E-state index in [2.05, 4.69) is 34.1 Å². The molecule has 3 rings (SSSR count). The zero-order valence-electron chi connectivity index (χ0n) is 13.4. The lowest BCUT2D eigenvalue weighted by Crippen LogP contribution is -2.29. The SMILES string of the molecule is CC(C)[C@H](CO)Nc1ncnc2[nH]c(-c3ccco3)cc12.O=CO. The summed E-state index contributed by atoms with van der Waals surface area (Å²) in [4.78, 5) is 20.1. The Hall–Kier alpha value is -2.87. The minimum atomic E-state index is -0.250. The van der Waals surface area contributed by atoms with Crippen LogP contribution >= 0.6 is 0 Å². The third-order valence-corrected chi connectivity index (χ3v) is 3.54. The quantitative estimate of drug-likeness (QED) is 0.529. The van der Waals surface area contributed by atoms with Gasteiger partial charge < -0.3 is 24.9 Å². The first-order valence-corrected chi connectivity index (χ1v) is 7.43. The number of aliphatic hydroxyl groups excluding tert-OH is 1. The molecule has 3 heterocycles. The summed E-state index contributed by atoms with van der Waals surface area (Å²) in [6.45, 7) is 3.91. The molecule has 0 saturated heterocycles. The van der Waals surface area contributed by atoms with Gasteiger partial charge in [-0.05, 0) is 24.1 Å². The number of H-pyrrole nitrogens is 1. The Balaban J connectivity index is 0.000000647. The summed E-state index contributed by atoms with van der Waals surface area (Å²) in [6.07, 6.45) is 3.13. The van der Waals surface area contributed by atoms with Gasteiger partial charge in [-0.15, -0.1) is 0 Å². The molecular formula is C16H20N4O4. The van der Waals surface area contributed by atoms with Crippen LogP contribution in [0.4, 0.5) is 5.82 Å². The molecule has 1 atom stereocenters. The van der Waals surface area contributed by atoms with Crippen LogP contribution in [0, 0.1) is 5.92 Å². The van der Waals surface area contributed by atoms with Gasteiger partial charge in [-0.1, -0.05) is 13.8 Å². The van der Waals surface area contributed by atoms with Crippen molar-refractivity contribution in [1.29, 1.82) is 0 Å². The number of rotatable bonds is 5. The minimum Gasteiger partial charge on any atom is -0.483 e. The summed E-state index contributed by atoms with van der Waals surface area (Å²) < 4.78 is 5.39. The highest BCUT2D eigenvalue weighted by atomic mass is 16.3. The Morgan fingerprint density at radius 1 is 1.42 bits per heavy atom. The first-order valence-electron chi connectivity index (χ1n) is 7.43. The average molecular weight is 332 g/mol. The number of carboxylic acid groups (broad SMARTS) is 1. The van der Waals surface area contributed by atoms with Crippen molar-refractivity contribution >= 4 is 23.3 Å². The Kier molecular flexibility index (Phi) is 5.91. The molecule has 0 bridgehead atoms. The van der Waals surface area contributed by atoms with Crippen molar-refractivity contribution in [2.24, 2.45) is 5.92 Å². The van der Waals surface area contributed by atoms with Crippen molar-refractivity contribution < 1.29 is 19.4 Å². The van der Waals surface area contributed by atoms with Gasteiger partial charge in [0, 0.05) is 0 Å². The number of nitrogens with zero attached hydrogens (tertiary/aromatic N) is 2. The first-order chi connectivity index (χ1) is 11.6. The Bertz CT molecular complexity index is 768. The molecule has 0 unspecified atom stereocenters. The molecule has 3 aromatic heterocycles. The van der Waals surface area contributed by atoms with Crippen LogP contribution in [0.1, 0.15) is 13.8 Å². The number of anilines is 1. The Morgan fingerprint density at radius 2 is 2.17 bits per heavy atom. The van der Waals surface area contributed by atoms with Crippen LogP contribution in [0.25, 0.3) is 22.5 Å². The first kappa shape index (κ1) is 17.5. The van der Waals surface area contributed by atoms with E-state index in [4.69, 9.17) is 14.3 Å².